The van der Waals surface area contributed by atoms with Crippen molar-refractivity contribution in [2.75, 3.05) is 31.1 Å². The van der Waals surface area contributed by atoms with Gasteiger partial charge < -0.3 is 10.2 Å². The Morgan fingerprint density at radius 1 is 1.29 bits per heavy atom. The third-order valence-corrected chi connectivity index (χ3v) is 3.04. The third-order valence-electron chi connectivity index (χ3n) is 3.04. The number of piperazine rings is 1. The third kappa shape index (κ3) is 1.63. The van der Waals surface area contributed by atoms with Crippen molar-refractivity contribution in [1.29, 1.82) is 5.26 Å². The molecule has 0 spiro atoms. The van der Waals surface area contributed by atoms with Crippen LogP contribution in [0, 0.1) is 11.3 Å². The highest BCUT2D eigenvalue weighted by Gasteiger charge is 2.17. The van der Waals surface area contributed by atoms with Gasteiger partial charge in [-0.1, -0.05) is 6.07 Å². The van der Waals surface area contributed by atoms with E-state index < -0.39 is 0 Å². The molecular weight excluding hydrogens is 214 g/mol. The lowest BCUT2D eigenvalue weighted by atomic mass is 10.3. The second-order valence-corrected chi connectivity index (χ2v) is 4.07. The fraction of sp³-hybridized carbons (Fsp3) is 0.333. The first-order valence-corrected chi connectivity index (χ1v) is 5.73. The number of anilines is 1. The van der Waals surface area contributed by atoms with Gasteiger partial charge in [-0.2, -0.15) is 5.26 Å². The highest BCUT2D eigenvalue weighted by atomic mass is 15.3. The van der Waals surface area contributed by atoms with Crippen molar-refractivity contribution >= 4 is 11.5 Å². The Balaban J connectivity index is 2.13. The molecule has 2 aromatic heterocycles. The van der Waals surface area contributed by atoms with Gasteiger partial charge in [-0.3, -0.25) is 4.40 Å². The number of imidazole rings is 1. The predicted octanol–water partition coefficient (Wildman–Crippen LogP) is 0.616. The Hall–Kier alpha value is -2.06. The lowest BCUT2D eigenvalue weighted by molar-refractivity contribution is 0.579. The van der Waals surface area contributed by atoms with Crippen molar-refractivity contribution in [2.45, 2.75) is 0 Å². The molecular formula is C12H13N5. The minimum Gasteiger partial charge on any atom is -0.339 e. The summed E-state index contributed by atoms with van der Waals surface area (Å²) in [7, 11) is 0. The highest BCUT2D eigenvalue weighted by molar-refractivity contribution is 5.63. The lowest BCUT2D eigenvalue weighted by Crippen LogP contribution is -2.44. The van der Waals surface area contributed by atoms with E-state index in [0.29, 0.717) is 5.69 Å². The molecule has 5 heteroatoms. The zero-order chi connectivity index (χ0) is 11.7. The van der Waals surface area contributed by atoms with Crippen LogP contribution in [-0.2, 0) is 0 Å². The molecule has 17 heavy (non-hydrogen) atoms. The number of nitrogens with one attached hydrogen (secondary N) is 1. The van der Waals surface area contributed by atoms with Gasteiger partial charge in [0.1, 0.15) is 6.07 Å². The number of fused-ring (bicyclic) bond motifs is 1. The first-order chi connectivity index (χ1) is 8.40. The summed E-state index contributed by atoms with van der Waals surface area (Å²) in [5.41, 5.74) is 1.38. The molecule has 2 aromatic rings. The quantitative estimate of drug-likeness (QED) is 0.775. The number of aromatic nitrogens is 2. The molecule has 1 fully saturated rings. The van der Waals surface area contributed by atoms with Crippen LogP contribution < -0.4 is 10.2 Å². The van der Waals surface area contributed by atoms with Gasteiger partial charge in [0, 0.05) is 32.4 Å². The Labute approximate surface area is 99.3 Å². The molecule has 0 unspecified atom stereocenters. The van der Waals surface area contributed by atoms with E-state index in [1.54, 1.807) is 0 Å². The summed E-state index contributed by atoms with van der Waals surface area (Å²) in [4.78, 5) is 6.64. The van der Waals surface area contributed by atoms with Crippen molar-refractivity contribution in [2.24, 2.45) is 0 Å². The van der Waals surface area contributed by atoms with Gasteiger partial charge in [0.15, 0.2) is 5.69 Å². The lowest BCUT2D eigenvalue weighted by Gasteiger charge is -2.27. The largest absolute Gasteiger partial charge is 0.339 e. The molecule has 0 aliphatic carbocycles. The van der Waals surface area contributed by atoms with Crippen LogP contribution in [0.4, 0.5) is 5.95 Å². The van der Waals surface area contributed by atoms with E-state index in [4.69, 9.17) is 5.26 Å². The topological polar surface area (TPSA) is 56.4 Å². The highest BCUT2D eigenvalue weighted by Crippen LogP contribution is 2.19. The summed E-state index contributed by atoms with van der Waals surface area (Å²) in [6.45, 7) is 3.78. The predicted molar refractivity (Wildman–Crippen MR) is 65.0 cm³/mol. The summed E-state index contributed by atoms with van der Waals surface area (Å²) >= 11 is 0. The smallest absolute Gasteiger partial charge is 0.211 e. The Kier molecular flexibility index (Phi) is 2.42. The average Bonchev–Trinajstić information content (AvgIpc) is 2.78. The van der Waals surface area contributed by atoms with Crippen molar-refractivity contribution in [3.63, 3.8) is 0 Å². The summed E-state index contributed by atoms with van der Waals surface area (Å²) in [6.07, 6.45) is 1.96. The SMILES string of the molecule is N#Cc1nc(N2CCNCC2)n2ccccc12. The number of nitrogens with zero attached hydrogens (tertiary/aromatic N) is 4. The maximum Gasteiger partial charge on any atom is 0.211 e. The van der Waals surface area contributed by atoms with Crippen LogP contribution in [-0.4, -0.2) is 35.6 Å². The molecule has 0 atom stereocenters. The van der Waals surface area contributed by atoms with E-state index in [2.05, 4.69) is 21.3 Å². The number of nitriles is 1. The van der Waals surface area contributed by atoms with Gasteiger partial charge in [-0.15, -0.1) is 0 Å². The van der Waals surface area contributed by atoms with E-state index >= 15 is 0 Å². The van der Waals surface area contributed by atoms with Crippen molar-refractivity contribution in [1.82, 2.24) is 14.7 Å². The van der Waals surface area contributed by atoms with E-state index in [9.17, 15) is 0 Å². The van der Waals surface area contributed by atoms with Gasteiger partial charge in [-0.05, 0) is 12.1 Å². The fourth-order valence-electron chi connectivity index (χ4n) is 2.19. The van der Waals surface area contributed by atoms with Crippen LogP contribution in [0.2, 0.25) is 0 Å². The van der Waals surface area contributed by atoms with Crippen molar-refractivity contribution < 1.29 is 0 Å². The van der Waals surface area contributed by atoms with E-state index in [0.717, 1.165) is 37.6 Å². The number of rotatable bonds is 1. The molecule has 0 radical (unpaired) electrons. The molecule has 0 aromatic carbocycles. The average molecular weight is 227 g/mol. The second-order valence-electron chi connectivity index (χ2n) is 4.07. The molecule has 1 aliphatic heterocycles. The molecule has 1 N–H and O–H groups in total. The van der Waals surface area contributed by atoms with Gasteiger partial charge in [0.05, 0.1) is 5.52 Å². The van der Waals surface area contributed by atoms with E-state index in [1.807, 2.05) is 28.8 Å². The first-order valence-electron chi connectivity index (χ1n) is 5.73. The molecule has 0 bridgehead atoms. The minimum absolute atomic E-state index is 0.499. The normalized spacial score (nSPS) is 16.1. The maximum absolute atomic E-state index is 9.09. The summed E-state index contributed by atoms with van der Waals surface area (Å²) in [6, 6.07) is 7.97. The molecule has 0 amide bonds. The van der Waals surface area contributed by atoms with Crippen molar-refractivity contribution in [3.8, 4) is 6.07 Å². The Morgan fingerprint density at radius 2 is 2.12 bits per heavy atom. The number of hydrogen-bond donors (Lipinski definition) is 1. The maximum atomic E-state index is 9.09. The fourth-order valence-corrected chi connectivity index (χ4v) is 2.19. The Morgan fingerprint density at radius 3 is 2.88 bits per heavy atom. The van der Waals surface area contributed by atoms with Crippen LogP contribution in [0.3, 0.4) is 0 Å². The molecule has 1 aliphatic rings. The van der Waals surface area contributed by atoms with Crippen molar-refractivity contribution in [3.05, 3.63) is 30.1 Å². The number of hydrogen-bond acceptors (Lipinski definition) is 4. The zero-order valence-corrected chi connectivity index (χ0v) is 9.43. The van der Waals surface area contributed by atoms with Crippen LogP contribution in [0.15, 0.2) is 24.4 Å². The number of pyridine rings is 1. The van der Waals surface area contributed by atoms with Crippen LogP contribution in [0.25, 0.3) is 5.52 Å². The Bertz CT molecular complexity index is 574. The van der Waals surface area contributed by atoms with E-state index in [-0.39, 0.29) is 0 Å². The van der Waals surface area contributed by atoms with Gasteiger partial charge in [0.25, 0.3) is 0 Å². The minimum atomic E-state index is 0.499. The van der Waals surface area contributed by atoms with Crippen LogP contribution >= 0.6 is 0 Å². The molecule has 3 rings (SSSR count). The second kappa shape index (κ2) is 4.07. The molecule has 5 nitrogen and oxygen atoms in total. The standard InChI is InChI=1S/C12H13N5/c13-9-10-11-3-1-2-6-17(11)12(15-10)16-7-4-14-5-8-16/h1-3,6,14H,4-5,7-8H2. The molecule has 0 saturated carbocycles. The van der Waals surface area contributed by atoms with Gasteiger partial charge in [-0.25, -0.2) is 4.98 Å². The summed E-state index contributed by atoms with van der Waals surface area (Å²) in [5, 5.41) is 12.4. The first kappa shape index (κ1) is 10.1. The van der Waals surface area contributed by atoms with Crippen LogP contribution in [0.5, 0.6) is 0 Å². The molecule has 1 saturated heterocycles. The van der Waals surface area contributed by atoms with Gasteiger partial charge in [0.2, 0.25) is 5.95 Å². The van der Waals surface area contributed by atoms with Crippen LogP contribution in [0.1, 0.15) is 5.69 Å². The molecule has 86 valence electrons. The monoisotopic (exact) mass is 227 g/mol. The molecule has 3 heterocycles. The summed E-state index contributed by atoms with van der Waals surface area (Å²) in [5.74, 6) is 0.874. The van der Waals surface area contributed by atoms with E-state index in [1.165, 1.54) is 0 Å². The van der Waals surface area contributed by atoms with Gasteiger partial charge >= 0.3 is 0 Å². The zero-order valence-electron chi connectivity index (χ0n) is 9.43. The summed E-state index contributed by atoms with van der Waals surface area (Å²) < 4.78 is 1.99.